The maximum atomic E-state index is 13.3. The number of nitrogens with zero attached hydrogens (tertiary/aromatic N) is 2. The van der Waals surface area contributed by atoms with Crippen molar-refractivity contribution in [3.05, 3.63) is 83.2 Å². The van der Waals surface area contributed by atoms with Crippen LogP contribution in [0.5, 0.6) is 5.75 Å². The van der Waals surface area contributed by atoms with Gasteiger partial charge in [-0.15, -0.1) is 0 Å². The summed E-state index contributed by atoms with van der Waals surface area (Å²) in [5.74, 6) is 1.20. The molecular formula is C27H28N4O3. The molecule has 0 saturated heterocycles. The minimum Gasteiger partial charge on any atom is -0.494 e. The Morgan fingerprint density at radius 1 is 1.15 bits per heavy atom. The molecule has 2 heterocycles. The van der Waals surface area contributed by atoms with Crippen LogP contribution in [0.4, 0.5) is 11.5 Å². The number of benzene rings is 2. The molecule has 0 bridgehead atoms. The van der Waals surface area contributed by atoms with E-state index in [-0.39, 0.29) is 23.1 Å². The predicted molar refractivity (Wildman–Crippen MR) is 131 cm³/mol. The van der Waals surface area contributed by atoms with E-state index in [4.69, 9.17) is 4.74 Å². The van der Waals surface area contributed by atoms with Crippen LogP contribution in [0.3, 0.4) is 0 Å². The minimum atomic E-state index is -0.372. The van der Waals surface area contributed by atoms with Crippen molar-refractivity contribution in [3.8, 4) is 5.75 Å². The van der Waals surface area contributed by atoms with E-state index in [1.54, 1.807) is 10.9 Å². The van der Waals surface area contributed by atoms with Crippen LogP contribution < -0.4 is 15.4 Å². The van der Waals surface area contributed by atoms with Crippen LogP contribution in [-0.4, -0.2) is 28.1 Å². The highest BCUT2D eigenvalue weighted by molar-refractivity contribution is 6.08. The first kappa shape index (κ1) is 21.9. The standard InChI is InChI=1S/C27H28N4O3/c1-4-34-19-12-10-18(11-13-19)29-26(33)20-16-28-31-24(17-8-6-5-7-9-17)23-21(30-25(20)31)14-27(2,3)15-22(23)32/h5-13,16,24,30H,4,14-15H2,1-3H3,(H,29,33). The second kappa shape index (κ2) is 8.48. The van der Waals surface area contributed by atoms with Crippen molar-refractivity contribution in [1.82, 2.24) is 9.78 Å². The summed E-state index contributed by atoms with van der Waals surface area (Å²) < 4.78 is 7.23. The number of allylic oxidation sites excluding steroid dienone is 2. The molecule has 0 fully saturated rings. The number of hydrogen-bond acceptors (Lipinski definition) is 5. The summed E-state index contributed by atoms with van der Waals surface area (Å²) in [7, 11) is 0. The third-order valence-electron chi connectivity index (χ3n) is 6.29. The summed E-state index contributed by atoms with van der Waals surface area (Å²) in [6.07, 6.45) is 2.78. The van der Waals surface area contributed by atoms with Gasteiger partial charge in [-0.25, -0.2) is 4.68 Å². The maximum Gasteiger partial charge on any atom is 0.261 e. The topological polar surface area (TPSA) is 85.2 Å². The molecule has 7 heteroatoms. The van der Waals surface area contributed by atoms with Gasteiger partial charge < -0.3 is 15.4 Å². The fourth-order valence-corrected chi connectivity index (χ4v) is 4.82. The quantitative estimate of drug-likeness (QED) is 0.552. The molecule has 1 aliphatic heterocycles. The molecule has 1 atom stereocenters. The van der Waals surface area contributed by atoms with E-state index in [0.29, 0.717) is 30.1 Å². The second-order valence-electron chi connectivity index (χ2n) is 9.53. The van der Waals surface area contributed by atoms with Gasteiger partial charge in [0.05, 0.1) is 12.8 Å². The monoisotopic (exact) mass is 456 g/mol. The normalized spacial score (nSPS) is 18.6. The molecule has 3 aromatic rings. The molecular weight excluding hydrogens is 428 g/mol. The average molecular weight is 457 g/mol. The average Bonchev–Trinajstić information content (AvgIpc) is 3.22. The lowest BCUT2D eigenvalue weighted by molar-refractivity contribution is -0.118. The summed E-state index contributed by atoms with van der Waals surface area (Å²) >= 11 is 0. The Morgan fingerprint density at radius 3 is 2.59 bits per heavy atom. The third kappa shape index (κ3) is 3.98. The van der Waals surface area contributed by atoms with Crippen molar-refractivity contribution in [2.45, 2.75) is 39.7 Å². The minimum absolute atomic E-state index is 0.120. The number of hydrogen-bond donors (Lipinski definition) is 2. The van der Waals surface area contributed by atoms with Crippen LogP contribution in [0.1, 0.15) is 55.6 Å². The fraction of sp³-hybridized carbons (Fsp3) is 0.296. The van der Waals surface area contributed by atoms with Crippen molar-refractivity contribution >= 4 is 23.2 Å². The number of Topliss-reactive ketones (excluding diaryl/α,β-unsaturated/α-hetero) is 1. The first-order valence-electron chi connectivity index (χ1n) is 11.6. The molecule has 7 nitrogen and oxygen atoms in total. The Hall–Kier alpha value is -3.87. The lowest BCUT2D eigenvalue weighted by atomic mass is 9.73. The van der Waals surface area contributed by atoms with Gasteiger partial charge in [0.25, 0.3) is 5.91 Å². The van der Waals surface area contributed by atoms with Crippen molar-refractivity contribution in [3.63, 3.8) is 0 Å². The number of carbonyl (C=O) groups is 2. The van der Waals surface area contributed by atoms with E-state index in [9.17, 15) is 9.59 Å². The van der Waals surface area contributed by atoms with E-state index in [0.717, 1.165) is 29.0 Å². The highest BCUT2D eigenvalue weighted by Crippen LogP contribution is 2.46. The number of ether oxygens (including phenoxy) is 1. The molecule has 2 aromatic carbocycles. The summed E-state index contributed by atoms with van der Waals surface area (Å²) in [5.41, 5.74) is 3.51. The molecule has 1 aromatic heterocycles. The molecule has 174 valence electrons. The molecule has 0 saturated carbocycles. The van der Waals surface area contributed by atoms with Crippen LogP contribution >= 0.6 is 0 Å². The van der Waals surface area contributed by atoms with Gasteiger partial charge >= 0.3 is 0 Å². The molecule has 0 spiro atoms. The van der Waals surface area contributed by atoms with E-state index < -0.39 is 0 Å². The highest BCUT2D eigenvalue weighted by atomic mass is 16.5. The Bertz CT molecular complexity index is 1270. The van der Waals surface area contributed by atoms with Gasteiger partial charge in [-0.05, 0) is 48.6 Å². The van der Waals surface area contributed by atoms with Crippen molar-refractivity contribution in [1.29, 1.82) is 0 Å². The molecule has 34 heavy (non-hydrogen) atoms. The number of aromatic nitrogens is 2. The Balaban J connectivity index is 1.52. The first-order chi connectivity index (χ1) is 16.4. The van der Waals surface area contributed by atoms with Crippen molar-refractivity contribution in [2.75, 3.05) is 17.2 Å². The summed E-state index contributed by atoms with van der Waals surface area (Å²) in [4.78, 5) is 26.5. The maximum absolute atomic E-state index is 13.3. The van der Waals surface area contributed by atoms with Crippen LogP contribution in [0.25, 0.3) is 0 Å². The third-order valence-corrected chi connectivity index (χ3v) is 6.29. The Labute approximate surface area is 198 Å². The van der Waals surface area contributed by atoms with Gasteiger partial charge in [0, 0.05) is 23.4 Å². The smallest absolute Gasteiger partial charge is 0.261 e. The molecule has 5 rings (SSSR count). The fourth-order valence-electron chi connectivity index (χ4n) is 4.82. The van der Waals surface area contributed by atoms with Gasteiger partial charge in [-0.2, -0.15) is 5.10 Å². The molecule has 0 radical (unpaired) electrons. The zero-order chi connectivity index (χ0) is 23.9. The molecule has 1 aliphatic carbocycles. The van der Waals surface area contributed by atoms with Crippen LogP contribution in [0.2, 0.25) is 0 Å². The zero-order valence-corrected chi connectivity index (χ0v) is 19.6. The largest absolute Gasteiger partial charge is 0.494 e. The Morgan fingerprint density at radius 2 is 1.88 bits per heavy atom. The number of nitrogens with one attached hydrogen (secondary N) is 2. The number of amides is 1. The van der Waals surface area contributed by atoms with Crippen molar-refractivity contribution in [2.24, 2.45) is 5.41 Å². The Kier molecular flexibility index (Phi) is 5.48. The van der Waals surface area contributed by atoms with E-state index in [1.165, 1.54) is 0 Å². The van der Waals surface area contributed by atoms with Gasteiger partial charge in [0.1, 0.15) is 23.2 Å². The summed E-state index contributed by atoms with van der Waals surface area (Å²) in [6, 6.07) is 16.7. The lowest BCUT2D eigenvalue weighted by Gasteiger charge is -2.39. The summed E-state index contributed by atoms with van der Waals surface area (Å²) in [5, 5.41) is 10.9. The summed E-state index contributed by atoms with van der Waals surface area (Å²) in [6.45, 7) is 6.70. The van der Waals surface area contributed by atoms with Crippen LogP contribution in [0, 0.1) is 5.41 Å². The number of anilines is 2. The first-order valence-corrected chi connectivity index (χ1v) is 11.6. The van der Waals surface area contributed by atoms with E-state index >= 15 is 0 Å². The lowest BCUT2D eigenvalue weighted by Crippen LogP contribution is -2.36. The molecule has 1 amide bonds. The molecule has 1 unspecified atom stereocenters. The predicted octanol–water partition coefficient (Wildman–Crippen LogP) is 5.19. The number of ketones is 1. The highest BCUT2D eigenvalue weighted by Gasteiger charge is 2.42. The van der Waals surface area contributed by atoms with Gasteiger partial charge in [-0.3, -0.25) is 9.59 Å². The molecule has 2 aliphatic rings. The van der Waals surface area contributed by atoms with E-state index in [1.807, 2.05) is 61.5 Å². The van der Waals surface area contributed by atoms with Gasteiger partial charge in [0.15, 0.2) is 5.78 Å². The molecule has 2 N–H and O–H groups in total. The number of carbonyl (C=O) groups excluding carboxylic acids is 2. The van der Waals surface area contributed by atoms with E-state index in [2.05, 4.69) is 29.6 Å². The number of rotatable bonds is 5. The van der Waals surface area contributed by atoms with Crippen molar-refractivity contribution < 1.29 is 14.3 Å². The zero-order valence-electron chi connectivity index (χ0n) is 19.6. The SMILES string of the molecule is CCOc1ccc(NC(=O)c2cnn3c2NC2=C(C(=O)CC(C)(C)C2)C3c2ccccc2)cc1. The van der Waals surface area contributed by atoms with Gasteiger partial charge in [-0.1, -0.05) is 44.2 Å². The second-order valence-corrected chi connectivity index (χ2v) is 9.53. The van der Waals surface area contributed by atoms with Gasteiger partial charge in [0.2, 0.25) is 0 Å². The number of fused-ring (bicyclic) bond motifs is 1. The van der Waals surface area contributed by atoms with Crippen LogP contribution in [0.15, 0.2) is 72.1 Å². The van der Waals surface area contributed by atoms with Crippen LogP contribution in [-0.2, 0) is 4.79 Å².